The summed E-state index contributed by atoms with van der Waals surface area (Å²) in [5.74, 6) is -0.351. The number of halogens is 1. The molecule has 0 atom stereocenters. The first-order valence-corrected chi connectivity index (χ1v) is 8.34. The number of fused-ring (bicyclic) bond motifs is 1. The lowest BCUT2D eigenvalue weighted by molar-refractivity contribution is 0.102. The molecule has 7 heteroatoms. The highest BCUT2D eigenvalue weighted by Crippen LogP contribution is 2.23. The third-order valence-corrected chi connectivity index (χ3v) is 4.30. The van der Waals surface area contributed by atoms with E-state index in [1.807, 2.05) is 30.3 Å². The van der Waals surface area contributed by atoms with Crippen molar-refractivity contribution in [3.8, 4) is 11.1 Å². The molecule has 0 saturated heterocycles. The van der Waals surface area contributed by atoms with Gasteiger partial charge in [-0.1, -0.05) is 41.9 Å². The van der Waals surface area contributed by atoms with Crippen LogP contribution in [0, 0.1) is 6.92 Å². The van der Waals surface area contributed by atoms with Crippen molar-refractivity contribution in [2.75, 3.05) is 5.32 Å². The molecule has 0 aliphatic heterocycles. The van der Waals surface area contributed by atoms with Gasteiger partial charge in [0.2, 0.25) is 0 Å². The van der Waals surface area contributed by atoms with Crippen molar-refractivity contribution >= 4 is 28.8 Å². The third kappa shape index (κ3) is 2.91. The molecule has 26 heavy (non-hydrogen) atoms. The number of nitrogens with one attached hydrogen (secondary N) is 1. The Morgan fingerprint density at radius 1 is 1.04 bits per heavy atom. The minimum atomic E-state index is -0.351. The highest BCUT2D eigenvalue weighted by atomic mass is 35.5. The zero-order valence-electron chi connectivity index (χ0n) is 13.8. The fraction of sp³-hybridized carbons (Fsp3) is 0.0526. The van der Waals surface area contributed by atoms with E-state index in [-0.39, 0.29) is 11.6 Å². The van der Waals surface area contributed by atoms with E-state index in [4.69, 9.17) is 11.6 Å². The molecule has 0 aliphatic carbocycles. The van der Waals surface area contributed by atoms with Gasteiger partial charge in [-0.05, 0) is 36.8 Å². The second kappa shape index (κ2) is 6.57. The molecule has 1 amide bonds. The summed E-state index contributed by atoms with van der Waals surface area (Å²) in [5.41, 5.74) is 3.93. The number of carbonyl (C=O) groups excluding carboxylic acids is 1. The first-order valence-electron chi connectivity index (χ1n) is 7.97. The van der Waals surface area contributed by atoms with Crippen LogP contribution < -0.4 is 5.32 Å². The molecule has 0 fully saturated rings. The van der Waals surface area contributed by atoms with Crippen molar-refractivity contribution in [3.63, 3.8) is 0 Å². The third-order valence-electron chi connectivity index (χ3n) is 4.05. The van der Waals surface area contributed by atoms with E-state index in [9.17, 15) is 4.79 Å². The molecule has 0 aliphatic rings. The maximum absolute atomic E-state index is 12.6. The number of hydrogen-bond donors (Lipinski definition) is 1. The molecular formula is C19H14ClN5O. The van der Waals surface area contributed by atoms with E-state index >= 15 is 0 Å². The number of benzene rings is 2. The van der Waals surface area contributed by atoms with Crippen molar-refractivity contribution in [2.45, 2.75) is 6.92 Å². The number of carbonyl (C=O) groups is 1. The number of aryl methyl sites for hydroxylation is 1. The van der Waals surface area contributed by atoms with Crippen LogP contribution >= 0.6 is 11.6 Å². The summed E-state index contributed by atoms with van der Waals surface area (Å²) >= 11 is 5.86. The summed E-state index contributed by atoms with van der Waals surface area (Å²) in [4.78, 5) is 12.6. The maximum Gasteiger partial charge on any atom is 0.278 e. The van der Waals surface area contributed by atoms with E-state index < -0.39 is 0 Å². The predicted molar refractivity (Wildman–Crippen MR) is 100 cm³/mol. The van der Waals surface area contributed by atoms with E-state index in [0.29, 0.717) is 22.1 Å². The van der Waals surface area contributed by atoms with Gasteiger partial charge in [0, 0.05) is 16.3 Å². The average Bonchev–Trinajstić information content (AvgIpc) is 3.09. The molecule has 0 spiro atoms. The zero-order valence-corrected chi connectivity index (χ0v) is 14.6. The van der Waals surface area contributed by atoms with Gasteiger partial charge in [-0.3, -0.25) is 4.79 Å². The molecule has 0 unspecified atom stereocenters. The Labute approximate surface area is 154 Å². The van der Waals surface area contributed by atoms with Crippen molar-refractivity contribution in [3.05, 3.63) is 77.2 Å². The maximum atomic E-state index is 12.6. The van der Waals surface area contributed by atoms with Crippen LogP contribution in [0.4, 0.5) is 5.69 Å². The fourth-order valence-corrected chi connectivity index (χ4v) is 2.83. The lowest BCUT2D eigenvalue weighted by atomic mass is 10.1. The Balaban J connectivity index is 1.70. The summed E-state index contributed by atoms with van der Waals surface area (Å²) in [5, 5.41) is 16.1. The Hall–Kier alpha value is -3.25. The minimum Gasteiger partial charge on any atom is -0.321 e. The molecule has 128 valence electrons. The Bertz CT molecular complexity index is 1090. The molecule has 0 radical (unpaired) electrons. The van der Waals surface area contributed by atoms with Crippen LogP contribution in [0.1, 0.15) is 16.2 Å². The highest BCUT2D eigenvalue weighted by Gasteiger charge is 2.18. The van der Waals surface area contributed by atoms with Gasteiger partial charge in [0.05, 0.1) is 11.9 Å². The van der Waals surface area contributed by atoms with Crippen LogP contribution in [-0.4, -0.2) is 25.7 Å². The van der Waals surface area contributed by atoms with Crippen LogP contribution in [0.5, 0.6) is 0 Å². The van der Waals surface area contributed by atoms with Gasteiger partial charge in [0.15, 0.2) is 11.3 Å². The Morgan fingerprint density at radius 3 is 2.50 bits per heavy atom. The van der Waals surface area contributed by atoms with Gasteiger partial charge in [-0.25, -0.2) is 4.52 Å². The second-order valence-corrected chi connectivity index (χ2v) is 6.19. The van der Waals surface area contributed by atoms with Gasteiger partial charge in [0.1, 0.15) is 0 Å². The molecule has 0 saturated carbocycles. The number of nitrogens with zero attached hydrogens (tertiary/aromatic N) is 4. The smallest absolute Gasteiger partial charge is 0.278 e. The van der Waals surface area contributed by atoms with Crippen molar-refractivity contribution in [1.29, 1.82) is 0 Å². The molecule has 4 rings (SSSR count). The minimum absolute atomic E-state index is 0.218. The Kier molecular flexibility index (Phi) is 4.10. The molecule has 2 aromatic heterocycles. The molecule has 1 N–H and O–H groups in total. The summed E-state index contributed by atoms with van der Waals surface area (Å²) < 4.78 is 1.63. The van der Waals surface area contributed by atoms with Crippen molar-refractivity contribution in [1.82, 2.24) is 19.8 Å². The SMILES string of the molecule is Cc1c(C(=O)Nc2ccc(Cl)cc2)nnc2c(-c3ccccc3)cnn12. The molecular weight excluding hydrogens is 350 g/mol. The number of rotatable bonds is 3. The average molecular weight is 364 g/mol. The number of aromatic nitrogens is 4. The topological polar surface area (TPSA) is 72.2 Å². The highest BCUT2D eigenvalue weighted by molar-refractivity contribution is 6.30. The van der Waals surface area contributed by atoms with Crippen molar-refractivity contribution in [2.24, 2.45) is 0 Å². The number of amides is 1. The van der Waals surface area contributed by atoms with Crippen LogP contribution in [0.3, 0.4) is 0 Å². The first-order chi connectivity index (χ1) is 12.6. The van der Waals surface area contributed by atoms with Gasteiger partial charge in [-0.15, -0.1) is 10.2 Å². The zero-order chi connectivity index (χ0) is 18.1. The second-order valence-electron chi connectivity index (χ2n) is 5.75. The normalized spacial score (nSPS) is 10.8. The van der Waals surface area contributed by atoms with E-state index in [1.54, 1.807) is 41.9 Å². The molecule has 4 aromatic rings. The van der Waals surface area contributed by atoms with Gasteiger partial charge in [0.25, 0.3) is 5.91 Å². The Morgan fingerprint density at radius 2 is 1.77 bits per heavy atom. The van der Waals surface area contributed by atoms with Crippen molar-refractivity contribution < 1.29 is 4.79 Å². The van der Waals surface area contributed by atoms with E-state index in [0.717, 1.165) is 11.1 Å². The van der Waals surface area contributed by atoms with Crippen LogP contribution in [-0.2, 0) is 0 Å². The summed E-state index contributed by atoms with van der Waals surface area (Å²) in [6.07, 6.45) is 1.73. The van der Waals surface area contributed by atoms with Gasteiger partial charge < -0.3 is 5.32 Å². The molecule has 2 aromatic carbocycles. The van der Waals surface area contributed by atoms with Gasteiger partial charge in [-0.2, -0.15) is 5.10 Å². The number of anilines is 1. The number of hydrogen-bond acceptors (Lipinski definition) is 4. The van der Waals surface area contributed by atoms with Crippen LogP contribution in [0.2, 0.25) is 5.02 Å². The fourth-order valence-electron chi connectivity index (χ4n) is 2.71. The summed E-state index contributed by atoms with van der Waals surface area (Å²) in [6, 6.07) is 16.7. The standard InChI is InChI=1S/C19H14ClN5O/c1-12-17(19(26)22-15-9-7-14(20)8-10-15)23-24-18-16(11-21-25(12)18)13-5-3-2-4-6-13/h2-11H,1H3,(H,22,26). The molecule has 2 heterocycles. The summed E-state index contributed by atoms with van der Waals surface area (Å²) in [7, 11) is 0. The lowest BCUT2D eigenvalue weighted by Gasteiger charge is -2.08. The van der Waals surface area contributed by atoms with Crippen LogP contribution in [0.15, 0.2) is 60.8 Å². The largest absolute Gasteiger partial charge is 0.321 e. The molecule has 6 nitrogen and oxygen atoms in total. The van der Waals surface area contributed by atoms with E-state index in [2.05, 4.69) is 20.6 Å². The van der Waals surface area contributed by atoms with E-state index in [1.165, 1.54) is 0 Å². The first kappa shape index (κ1) is 16.2. The molecule has 0 bridgehead atoms. The monoisotopic (exact) mass is 363 g/mol. The quantitative estimate of drug-likeness (QED) is 0.597. The van der Waals surface area contributed by atoms with Gasteiger partial charge >= 0.3 is 0 Å². The van der Waals surface area contributed by atoms with Crippen LogP contribution in [0.25, 0.3) is 16.8 Å². The lowest BCUT2D eigenvalue weighted by Crippen LogP contribution is -2.18. The predicted octanol–water partition coefficient (Wildman–Crippen LogP) is 4.01. The summed E-state index contributed by atoms with van der Waals surface area (Å²) in [6.45, 7) is 1.79.